The highest BCUT2D eigenvalue weighted by Crippen LogP contribution is 2.48. The number of hydrogen-bond donors (Lipinski definition) is 1. The number of H-pyrrole nitrogens is 1. The first-order valence-corrected chi connectivity index (χ1v) is 9.17. The van der Waals surface area contributed by atoms with Crippen LogP contribution in [0, 0.1) is 0 Å². The molecule has 0 saturated carbocycles. The number of hydrogen-bond acceptors (Lipinski definition) is 6. The fourth-order valence-corrected chi connectivity index (χ4v) is 4.02. The molecule has 128 valence electrons. The number of rotatable bonds is 8. The molecule has 0 aliphatic rings. The Morgan fingerprint density at radius 2 is 1.91 bits per heavy atom. The highest BCUT2D eigenvalue weighted by Gasteiger charge is 2.23. The maximum atomic E-state index is 12.4. The van der Waals surface area contributed by atoms with E-state index in [2.05, 4.69) is 9.97 Å². The number of aryl methyl sites for hydroxylation is 1. The molecule has 0 aliphatic heterocycles. The summed E-state index contributed by atoms with van der Waals surface area (Å²) in [5.74, 6) is 0. The molecule has 1 N–H and O–H groups in total. The Morgan fingerprint density at radius 3 is 2.52 bits per heavy atom. The Labute approximate surface area is 132 Å². The van der Waals surface area contributed by atoms with Crippen molar-refractivity contribution in [2.75, 3.05) is 19.4 Å². The van der Waals surface area contributed by atoms with Crippen LogP contribution in [-0.2, 0) is 27.2 Å². The van der Waals surface area contributed by atoms with Gasteiger partial charge in [-0.1, -0.05) is 0 Å². The molecular formula is C13H21N4O5P. The quantitative estimate of drug-likeness (QED) is 0.718. The van der Waals surface area contributed by atoms with E-state index < -0.39 is 18.8 Å². The predicted molar refractivity (Wildman–Crippen MR) is 85.9 cm³/mol. The summed E-state index contributed by atoms with van der Waals surface area (Å²) in [5.41, 5.74) is -0.323. The van der Waals surface area contributed by atoms with Crippen LogP contribution in [0.5, 0.6) is 0 Å². The maximum Gasteiger partial charge on any atom is 0.332 e. The topological polar surface area (TPSA) is 108 Å². The minimum atomic E-state index is -3.18. The first kappa shape index (κ1) is 17.7. The van der Waals surface area contributed by atoms with Gasteiger partial charge in [-0.2, -0.15) is 0 Å². The van der Waals surface area contributed by atoms with Gasteiger partial charge in [-0.25, -0.2) is 9.78 Å². The SMILES string of the molecule is CCOP(=O)(CCCn1c(=O)c2[nH]cnc2n(C)c1=O)OCC. The second-order valence-corrected chi connectivity index (χ2v) is 7.11. The van der Waals surface area contributed by atoms with Crippen LogP contribution in [0.2, 0.25) is 0 Å². The van der Waals surface area contributed by atoms with Crippen molar-refractivity contribution in [1.82, 2.24) is 19.1 Å². The van der Waals surface area contributed by atoms with E-state index in [1.807, 2.05) is 0 Å². The molecule has 0 radical (unpaired) electrons. The lowest BCUT2D eigenvalue weighted by atomic mass is 10.4. The van der Waals surface area contributed by atoms with Crippen molar-refractivity contribution in [1.29, 1.82) is 0 Å². The van der Waals surface area contributed by atoms with Crippen LogP contribution in [0.4, 0.5) is 0 Å². The second kappa shape index (κ2) is 7.25. The van der Waals surface area contributed by atoms with Gasteiger partial charge in [0.1, 0.15) is 5.52 Å². The second-order valence-electron chi connectivity index (χ2n) is 4.92. The molecule has 2 heterocycles. The molecule has 9 nitrogen and oxygen atoms in total. The fraction of sp³-hybridized carbons (Fsp3) is 0.615. The molecule has 23 heavy (non-hydrogen) atoms. The van der Waals surface area contributed by atoms with Crippen molar-refractivity contribution in [3.8, 4) is 0 Å². The van der Waals surface area contributed by atoms with Crippen LogP contribution in [-0.4, -0.2) is 38.5 Å². The number of fused-ring (bicyclic) bond motifs is 1. The van der Waals surface area contributed by atoms with E-state index in [4.69, 9.17) is 9.05 Å². The van der Waals surface area contributed by atoms with Crippen molar-refractivity contribution < 1.29 is 13.6 Å². The van der Waals surface area contributed by atoms with Gasteiger partial charge in [0.2, 0.25) is 0 Å². The Kier molecular flexibility index (Phi) is 5.56. The lowest BCUT2D eigenvalue weighted by Gasteiger charge is -2.17. The first-order valence-electron chi connectivity index (χ1n) is 7.44. The monoisotopic (exact) mass is 344 g/mol. The Balaban J connectivity index is 2.21. The number of nitrogens with zero attached hydrogens (tertiary/aromatic N) is 3. The molecule has 0 spiro atoms. The lowest BCUT2D eigenvalue weighted by Crippen LogP contribution is -2.39. The van der Waals surface area contributed by atoms with Gasteiger partial charge >= 0.3 is 13.3 Å². The van der Waals surface area contributed by atoms with Crippen molar-refractivity contribution in [3.63, 3.8) is 0 Å². The summed E-state index contributed by atoms with van der Waals surface area (Å²) < 4.78 is 25.2. The van der Waals surface area contributed by atoms with Crippen LogP contribution in [0.1, 0.15) is 20.3 Å². The van der Waals surface area contributed by atoms with Gasteiger partial charge in [0.05, 0.1) is 25.7 Å². The van der Waals surface area contributed by atoms with Gasteiger partial charge in [-0.15, -0.1) is 0 Å². The zero-order chi connectivity index (χ0) is 17.0. The van der Waals surface area contributed by atoms with Gasteiger partial charge in [0, 0.05) is 13.6 Å². The van der Waals surface area contributed by atoms with E-state index in [0.29, 0.717) is 12.1 Å². The van der Waals surface area contributed by atoms with Crippen LogP contribution >= 0.6 is 7.60 Å². The smallest absolute Gasteiger partial charge is 0.332 e. The van der Waals surface area contributed by atoms with E-state index in [0.717, 1.165) is 4.57 Å². The number of aromatic amines is 1. The van der Waals surface area contributed by atoms with Crippen LogP contribution in [0.25, 0.3) is 11.2 Å². The third kappa shape index (κ3) is 3.63. The van der Waals surface area contributed by atoms with Crippen molar-refractivity contribution >= 4 is 18.8 Å². The molecule has 0 unspecified atom stereocenters. The van der Waals surface area contributed by atoms with E-state index in [1.54, 1.807) is 20.9 Å². The zero-order valence-electron chi connectivity index (χ0n) is 13.4. The number of nitrogens with one attached hydrogen (secondary N) is 1. The normalized spacial score (nSPS) is 12.1. The molecule has 2 rings (SSSR count). The minimum Gasteiger partial charge on any atom is -0.339 e. The van der Waals surface area contributed by atoms with E-state index in [1.165, 1.54) is 10.9 Å². The summed E-state index contributed by atoms with van der Waals surface area (Å²) in [6.07, 6.45) is 1.84. The van der Waals surface area contributed by atoms with Crippen molar-refractivity contribution in [2.45, 2.75) is 26.8 Å². The molecule has 2 aromatic rings. The largest absolute Gasteiger partial charge is 0.339 e. The number of imidazole rings is 1. The molecule has 0 aromatic carbocycles. The highest BCUT2D eigenvalue weighted by molar-refractivity contribution is 7.53. The molecular weight excluding hydrogens is 323 g/mol. The summed E-state index contributed by atoms with van der Waals surface area (Å²) in [5, 5.41) is 0. The molecule has 0 atom stereocenters. The Bertz CT molecular complexity index is 827. The third-order valence-electron chi connectivity index (χ3n) is 3.38. The standard InChI is InChI=1S/C13H21N4O5P/c1-4-21-23(20,22-5-2)8-6-7-17-12(18)10-11(15-9-14-10)16(3)13(17)19/h9H,4-8H2,1-3H3,(H,14,15). The van der Waals surface area contributed by atoms with Crippen LogP contribution < -0.4 is 11.2 Å². The van der Waals surface area contributed by atoms with Crippen LogP contribution in [0.3, 0.4) is 0 Å². The fourth-order valence-electron chi connectivity index (χ4n) is 2.37. The zero-order valence-corrected chi connectivity index (χ0v) is 14.3. The molecule has 10 heteroatoms. The molecule has 0 bridgehead atoms. The molecule has 0 saturated heterocycles. The Morgan fingerprint density at radius 1 is 1.26 bits per heavy atom. The molecule has 0 amide bonds. The molecule has 2 aromatic heterocycles. The molecule has 0 fully saturated rings. The van der Waals surface area contributed by atoms with E-state index >= 15 is 0 Å². The Hall–Kier alpha value is -1.70. The summed E-state index contributed by atoms with van der Waals surface area (Å²) in [6, 6.07) is 0. The average Bonchev–Trinajstić information content (AvgIpc) is 2.99. The number of aromatic nitrogens is 4. The average molecular weight is 344 g/mol. The summed E-state index contributed by atoms with van der Waals surface area (Å²) in [7, 11) is -1.63. The summed E-state index contributed by atoms with van der Waals surface area (Å²) >= 11 is 0. The van der Waals surface area contributed by atoms with E-state index in [9.17, 15) is 14.2 Å². The van der Waals surface area contributed by atoms with Gasteiger partial charge in [-0.05, 0) is 20.3 Å². The summed E-state index contributed by atoms with van der Waals surface area (Å²) in [6.45, 7) is 4.15. The van der Waals surface area contributed by atoms with Gasteiger partial charge < -0.3 is 14.0 Å². The van der Waals surface area contributed by atoms with Crippen LogP contribution in [0.15, 0.2) is 15.9 Å². The summed E-state index contributed by atoms with van der Waals surface area (Å²) in [4.78, 5) is 31.3. The van der Waals surface area contributed by atoms with E-state index in [-0.39, 0.29) is 31.4 Å². The highest BCUT2D eigenvalue weighted by atomic mass is 31.2. The third-order valence-corrected chi connectivity index (χ3v) is 5.55. The van der Waals surface area contributed by atoms with Gasteiger partial charge in [-0.3, -0.25) is 18.5 Å². The molecule has 0 aliphatic carbocycles. The predicted octanol–water partition coefficient (Wildman–Crippen LogP) is 1.08. The van der Waals surface area contributed by atoms with Crippen molar-refractivity contribution in [3.05, 3.63) is 27.2 Å². The van der Waals surface area contributed by atoms with Crippen molar-refractivity contribution in [2.24, 2.45) is 7.05 Å². The van der Waals surface area contributed by atoms with Gasteiger partial charge in [0.15, 0.2) is 5.65 Å². The maximum absolute atomic E-state index is 12.4. The van der Waals surface area contributed by atoms with Gasteiger partial charge in [0.25, 0.3) is 5.56 Å². The first-order chi connectivity index (χ1) is 10.9. The lowest BCUT2D eigenvalue weighted by molar-refractivity contribution is 0.219. The minimum absolute atomic E-state index is 0.130.